The van der Waals surface area contributed by atoms with Gasteiger partial charge in [-0.2, -0.15) is 5.26 Å². The number of nitriles is 1. The van der Waals surface area contributed by atoms with Crippen molar-refractivity contribution in [2.75, 3.05) is 14.2 Å². The molecule has 1 aliphatic rings. The molecule has 0 spiro atoms. The molecule has 8 heteroatoms. The van der Waals surface area contributed by atoms with Crippen LogP contribution in [0.3, 0.4) is 0 Å². The average Bonchev–Trinajstić information content (AvgIpc) is 2.82. The van der Waals surface area contributed by atoms with Crippen molar-refractivity contribution < 1.29 is 23.7 Å². The number of methoxy groups -OCH3 is 2. The van der Waals surface area contributed by atoms with Gasteiger partial charge in [0.2, 0.25) is 5.88 Å². The van der Waals surface area contributed by atoms with Gasteiger partial charge in [0.25, 0.3) is 0 Å². The Bertz CT molecular complexity index is 1310. The molecule has 0 saturated carbocycles. The molecule has 33 heavy (non-hydrogen) atoms. The molecule has 1 heterocycles. The second kappa shape index (κ2) is 9.27. The molecule has 0 bridgehead atoms. The topological polar surface area (TPSA) is 104 Å². The normalized spacial score (nSPS) is 14.5. The number of fused-ring (bicyclic) bond motifs is 1. The Kier molecular flexibility index (Phi) is 6.24. The Morgan fingerprint density at radius 1 is 1.06 bits per heavy atom. The van der Waals surface area contributed by atoms with E-state index in [9.17, 15) is 10.1 Å². The molecule has 2 N–H and O–H groups in total. The molecule has 3 aromatic carbocycles. The van der Waals surface area contributed by atoms with E-state index in [4.69, 9.17) is 24.7 Å². The zero-order valence-electron chi connectivity index (χ0n) is 17.8. The van der Waals surface area contributed by atoms with E-state index in [-0.39, 0.29) is 17.2 Å². The molecular formula is C25H19BrN2O5. The molecule has 0 amide bonds. The van der Waals surface area contributed by atoms with Gasteiger partial charge in [0, 0.05) is 16.1 Å². The third-order valence-corrected chi connectivity index (χ3v) is 5.93. The quantitative estimate of drug-likeness (QED) is 0.387. The van der Waals surface area contributed by atoms with E-state index in [1.807, 2.05) is 12.1 Å². The first kappa shape index (κ1) is 22.2. The third-order valence-electron chi connectivity index (χ3n) is 5.24. The minimum absolute atomic E-state index is 0.0148. The van der Waals surface area contributed by atoms with E-state index in [1.165, 1.54) is 0 Å². The number of nitrogens with two attached hydrogens (primary N) is 1. The van der Waals surface area contributed by atoms with Crippen LogP contribution in [0, 0.1) is 11.3 Å². The van der Waals surface area contributed by atoms with Gasteiger partial charge >= 0.3 is 5.97 Å². The number of esters is 1. The Morgan fingerprint density at radius 3 is 2.52 bits per heavy atom. The van der Waals surface area contributed by atoms with E-state index >= 15 is 0 Å². The van der Waals surface area contributed by atoms with Crippen LogP contribution in [0.2, 0.25) is 0 Å². The summed E-state index contributed by atoms with van der Waals surface area (Å²) in [5.41, 5.74) is 8.23. The van der Waals surface area contributed by atoms with Crippen LogP contribution < -0.4 is 24.7 Å². The Balaban J connectivity index is 1.73. The van der Waals surface area contributed by atoms with E-state index in [0.29, 0.717) is 32.8 Å². The number of carbonyl (C=O) groups is 1. The number of benzene rings is 3. The summed E-state index contributed by atoms with van der Waals surface area (Å²) in [5, 5.41) is 9.77. The van der Waals surface area contributed by atoms with Crippen molar-refractivity contribution in [3.63, 3.8) is 0 Å². The summed E-state index contributed by atoms with van der Waals surface area (Å²) in [5.74, 6) is 0.746. The van der Waals surface area contributed by atoms with Crippen molar-refractivity contribution in [3.05, 3.63) is 93.3 Å². The summed E-state index contributed by atoms with van der Waals surface area (Å²) in [6, 6.07) is 19.5. The van der Waals surface area contributed by atoms with E-state index in [1.54, 1.807) is 62.8 Å². The maximum absolute atomic E-state index is 12.6. The molecule has 0 aliphatic carbocycles. The molecule has 7 nitrogen and oxygen atoms in total. The van der Waals surface area contributed by atoms with Gasteiger partial charge in [-0.15, -0.1) is 0 Å². The monoisotopic (exact) mass is 506 g/mol. The zero-order valence-corrected chi connectivity index (χ0v) is 19.4. The molecule has 0 radical (unpaired) electrons. The lowest BCUT2D eigenvalue weighted by molar-refractivity contribution is 0.0733. The predicted molar refractivity (Wildman–Crippen MR) is 124 cm³/mol. The Morgan fingerprint density at radius 2 is 1.82 bits per heavy atom. The number of nitrogens with zero attached hydrogens (tertiary/aromatic N) is 1. The lowest BCUT2D eigenvalue weighted by Crippen LogP contribution is -2.21. The highest BCUT2D eigenvalue weighted by atomic mass is 79.9. The lowest BCUT2D eigenvalue weighted by Gasteiger charge is -2.27. The fourth-order valence-electron chi connectivity index (χ4n) is 3.66. The molecule has 1 atom stereocenters. The van der Waals surface area contributed by atoms with E-state index in [0.717, 1.165) is 5.56 Å². The number of halogens is 1. The van der Waals surface area contributed by atoms with Crippen LogP contribution in [0.4, 0.5) is 0 Å². The molecule has 3 aromatic rings. The maximum atomic E-state index is 12.6. The molecule has 0 fully saturated rings. The van der Waals surface area contributed by atoms with Gasteiger partial charge in [-0.1, -0.05) is 24.3 Å². The minimum atomic E-state index is -0.518. The standard InChI is InChI=1S/C25H19BrN2O5/c1-30-20-10-7-14(11-22(20)31-2)23-17-9-8-15(12-21(17)33-24(28)18(23)13-27)32-25(29)16-5-3-4-6-19(16)26/h3-12,23H,28H2,1-2H3. The number of ether oxygens (including phenoxy) is 4. The number of hydrogen-bond acceptors (Lipinski definition) is 7. The number of carbonyl (C=O) groups excluding carboxylic acids is 1. The zero-order chi connectivity index (χ0) is 23.5. The van der Waals surface area contributed by atoms with Gasteiger partial charge in [-0.25, -0.2) is 4.79 Å². The summed E-state index contributed by atoms with van der Waals surface area (Å²) in [7, 11) is 3.09. The second-order valence-electron chi connectivity index (χ2n) is 7.11. The predicted octanol–water partition coefficient (Wildman–Crippen LogP) is 4.90. The molecule has 1 unspecified atom stereocenters. The van der Waals surface area contributed by atoms with Crippen molar-refractivity contribution in [2.24, 2.45) is 5.73 Å². The highest BCUT2D eigenvalue weighted by Crippen LogP contribution is 2.45. The summed E-state index contributed by atoms with van der Waals surface area (Å²) < 4.78 is 22.6. The van der Waals surface area contributed by atoms with Crippen molar-refractivity contribution in [1.29, 1.82) is 5.26 Å². The number of hydrogen-bond donors (Lipinski definition) is 1. The van der Waals surface area contributed by atoms with Gasteiger partial charge in [0.15, 0.2) is 11.5 Å². The van der Waals surface area contributed by atoms with Crippen molar-refractivity contribution in [3.8, 4) is 29.1 Å². The maximum Gasteiger partial charge on any atom is 0.344 e. The molecular weight excluding hydrogens is 488 g/mol. The van der Waals surface area contributed by atoms with Gasteiger partial charge < -0.3 is 24.7 Å². The highest BCUT2D eigenvalue weighted by Gasteiger charge is 2.31. The fraction of sp³-hybridized carbons (Fsp3) is 0.120. The first-order valence-corrected chi connectivity index (χ1v) is 10.7. The highest BCUT2D eigenvalue weighted by molar-refractivity contribution is 9.10. The molecule has 0 aromatic heterocycles. The van der Waals surface area contributed by atoms with Gasteiger partial charge in [-0.05, 0) is 51.8 Å². The summed E-state index contributed by atoms with van der Waals surface area (Å²) in [6.07, 6.45) is 0. The van der Waals surface area contributed by atoms with Gasteiger partial charge in [0.1, 0.15) is 23.1 Å². The molecule has 166 valence electrons. The second-order valence-corrected chi connectivity index (χ2v) is 7.96. The van der Waals surface area contributed by atoms with Crippen LogP contribution in [0.1, 0.15) is 27.4 Å². The van der Waals surface area contributed by atoms with Crippen LogP contribution in [0.15, 0.2) is 76.6 Å². The SMILES string of the molecule is COc1ccc(C2C(C#N)=C(N)Oc3cc(OC(=O)c4ccccc4Br)ccc32)cc1OC. The van der Waals surface area contributed by atoms with Crippen molar-refractivity contribution >= 4 is 21.9 Å². The fourth-order valence-corrected chi connectivity index (χ4v) is 4.11. The first-order chi connectivity index (χ1) is 16.0. The van der Waals surface area contributed by atoms with Crippen LogP contribution >= 0.6 is 15.9 Å². The number of rotatable bonds is 5. The van der Waals surface area contributed by atoms with Crippen LogP contribution in [-0.2, 0) is 0 Å². The average molecular weight is 507 g/mol. The minimum Gasteiger partial charge on any atom is -0.493 e. The summed E-state index contributed by atoms with van der Waals surface area (Å²) >= 11 is 3.35. The largest absolute Gasteiger partial charge is 0.493 e. The first-order valence-electron chi connectivity index (χ1n) is 9.87. The van der Waals surface area contributed by atoms with Gasteiger partial charge in [0.05, 0.1) is 25.7 Å². The Labute approximate surface area is 199 Å². The van der Waals surface area contributed by atoms with E-state index in [2.05, 4.69) is 22.0 Å². The van der Waals surface area contributed by atoms with E-state index < -0.39 is 11.9 Å². The van der Waals surface area contributed by atoms with Crippen molar-refractivity contribution in [2.45, 2.75) is 5.92 Å². The summed E-state index contributed by atoms with van der Waals surface area (Å²) in [6.45, 7) is 0. The molecule has 4 rings (SSSR count). The Hall–Kier alpha value is -3.96. The van der Waals surface area contributed by atoms with Crippen molar-refractivity contribution in [1.82, 2.24) is 0 Å². The smallest absolute Gasteiger partial charge is 0.344 e. The molecule has 0 saturated heterocycles. The van der Waals surface area contributed by atoms with Crippen LogP contribution in [0.25, 0.3) is 0 Å². The van der Waals surface area contributed by atoms with Crippen LogP contribution in [0.5, 0.6) is 23.0 Å². The number of allylic oxidation sites excluding steroid dienone is 1. The summed E-state index contributed by atoms with van der Waals surface area (Å²) in [4.78, 5) is 12.6. The van der Waals surface area contributed by atoms with Crippen LogP contribution in [-0.4, -0.2) is 20.2 Å². The third kappa shape index (κ3) is 4.23. The molecule has 1 aliphatic heterocycles. The lowest BCUT2D eigenvalue weighted by atomic mass is 9.83. The van der Waals surface area contributed by atoms with Gasteiger partial charge in [-0.3, -0.25) is 0 Å².